The third kappa shape index (κ3) is 5.68. The summed E-state index contributed by atoms with van der Waals surface area (Å²) in [4.78, 5) is 13.5. The predicted molar refractivity (Wildman–Crippen MR) is 74.6 cm³/mol. The maximum Gasteiger partial charge on any atom is 0.240 e. The monoisotopic (exact) mass is 285 g/mol. The average Bonchev–Trinajstić information content (AvgIpc) is 2.77. The molecule has 7 nitrogen and oxygen atoms in total. The molecule has 0 fully saturated rings. The molecule has 0 saturated carbocycles. The molecule has 0 spiro atoms. The fraction of sp³-hybridized carbons (Fsp3) is 0.692. The van der Waals surface area contributed by atoms with Crippen LogP contribution in [0.25, 0.3) is 0 Å². The van der Waals surface area contributed by atoms with Gasteiger partial charge in [0.2, 0.25) is 11.8 Å². The van der Waals surface area contributed by atoms with Crippen molar-refractivity contribution in [1.82, 2.24) is 10.1 Å². The third-order valence-corrected chi connectivity index (χ3v) is 2.68. The number of nitrogens with zero attached hydrogens (tertiary/aromatic N) is 2. The molecule has 2 N–H and O–H groups in total. The molecule has 20 heavy (non-hydrogen) atoms. The van der Waals surface area contributed by atoms with Crippen molar-refractivity contribution in [2.45, 2.75) is 25.9 Å². The van der Waals surface area contributed by atoms with E-state index in [4.69, 9.17) is 9.26 Å². The van der Waals surface area contributed by atoms with Gasteiger partial charge in [0.1, 0.15) is 0 Å². The molecule has 7 heteroatoms. The van der Waals surface area contributed by atoms with Crippen molar-refractivity contribution in [3.8, 4) is 0 Å². The fourth-order valence-electron chi connectivity index (χ4n) is 1.71. The smallest absolute Gasteiger partial charge is 0.240 e. The maximum atomic E-state index is 11.8. The highest BCUT2D eigenvalue weighted by molar-refractivity contribution is 5.90. The summed E-state index contributed by atoms with van der Waals surface area (Å²) in [5.41, 5.74) is 0.796. The predicted octanol–water partition coefficient (Wildman–Crippen LogP) is 0.676. The minimum Gasteiger partial charge on any atom is -0.389 e. The average molecular weight is 285 g/mol. The van der Waals surface area contributed by atoms with E-state index in [1.807, 2.05) is 13.8 Å². The number of aliphatic hydroxyl groups is 1. The van der Waals surface area contributed by atoms with E-state index in [0.29, 0.717) is 12.4 Å². The molecule has 1 rings (SSSR count). The Morgan fingerprint density at radius 1 is 1.60 bits per heavy atom. The van der Waals surface area contributed by atoms with Crippen LogP contribution < -0.4 is 5.32 Å². The molecule has 0 aromatic carbocycles. The number of amides is 1. The van der Waals surface area contributed by atoms with Crippen molar-refractivity contribution >= 4 is 11.8 Å². The summed E-state index contributed by atoms with van der Waals surface area (Å²) in [7, 11) is 3.27. The lowest BCUT2D eigenvalue weighted by molar-refractivity contribution is -0.117. The van der Waals surface area contributed by atoms with E-state index >= 15 is 0 Å². The number of likely N-dealkylation sites (N-methyl/N-ethyl adjacent to an activating group) is 1. The Bertz CT molecular complexity index is 420. The lowest BCUT2D eigenvalue weighted by Gasteiger charge is -2.19. The van der Waals surface area contributed by atoms with Crippen LogP contribution in [0.5, 0.6) is 0 Å². The molecule has 0 aliphatic heterocycles. The molecule has 1 unspecified atom stereocenters. The van der Waals surface area contributed by atoms with Gasteiger partial charge in [0, 0.05) is 19.7 Å². The van der Waals surface area contributed by atoms with Crippen molar-refractivity contribution < 1.29 is 19.2 Å². The highest BCUT2D eigenvalue weighted by Gasteiger charge is 2.14. The first kappa shape index (κ1) is 16.6. The quantitative estimate of drug-likeness (QED) is 0.730. The Labute approximate surface area is 118 Å². The van der Waals surface area contributed by atoms with E-state index in [1.165, 1.54) is 7.11 Å². The highest BCUT2D eigenvalue weighted by Crippen LogP contribution is 2.17. The highest BCUT2D eigenvalue weighted by atomic mass is 16.5. The summed E-state index contributed by atoms with van der Waals surface area (Å²) >= 11 is 0. The zero-order valence-corrected chi connectivity index (χ0v) is 12.4. The number of carbonyl (C=O) groups excluding carboxylic acids is 1. The summed E-state index contributed by atoms with van der Waals surface area (Å²) < 4.78 is 9.86. The normalized spacial score (nSPS) is 12.9. The molecule has 1 heterocycles. The van der Waals surface area contributed by atoms with Gasteiger partial charge in [-0.15, -0.1) is 0 Å². The van der Waals surface area contributed by atoms with Gasteiger partial charge in [0.25, 0.3) is 0 Å². The number of methoxy groups -OCH3 is 1. The Morgan fingerprint density at radius 2 is 2.30 bits per heavy atom. The van der Waals surface area contributed by atoms with E-state index in [9.17, 15) is 9.90 Å². The largest absolute Gasteiger partial charge is 0.389 e. The van der Waals surface area contributed by atoms with Gasteiger partial charge in [-0.25, -0.2) is 0 Å². The standard InChI is InChI=1S/C13H23N3O4/c1-9(2)11-5-13(20-15-11)14-12(18)7-16(3)6-10(17)8-19-4/h5,9-10,17H,6-8H2,1-4H3,(H,14,18). The minimum atomic E-state index is -0.615. The second-order valence-electron chi connectivity index (χ2n) is 5.12. The molecule has 1 aromatic heterocycles. The first-order chi connectivity index (χ1) is 9.42. The summed E-state index contributed by atoms with van der Waals surface area (Å²) in [5, 5.41) is 16.1. The minimum absolute atomic E-state index is 0.151. The zero-order valence-electron chi connectivity index (χ0n) is 12.4. The Balaban J connectivity index is 2.38. The summed E-state index contributed by atoms with van der Waals surface area (Å²) in [6.45, 7) is 4.74. The molecule has 114 valence electrons. The summed E-state index contributed by atoms with van der Waals surface area (Å²) in [6, 6.07) is 1.71. The van der Waals surface area contributed by atoms with Crippen LogP contribution in [0.1, 0.15) is 25.5 Å². The van der Waals surface area contributed by atoms with E-state index in [1.54, 1.807) is 18.0 Å². The van der Waals surface area contributed by atoms with Crippen LogP contribution in [-0.2, 0) is 9.53 Å². The van der Waals surface area contributed by atoms with E-state index in [-0.39, 0.29) is 25.0 Å². The third-order valence-electron chi connectivity index (χ3n) is 2.68. The van der Waals surface area contributed by atoms with Gasteiger partial charge in [-0.05, 0) is 13.0 Å². The molecule has 1 amide bonds. The van der Waals surface area contributed by atoms with Crippen LogP contribution >= 0.6 is 0 Å². The van der Waals surface area contributed by atoms with Gasteiger partial charge in [-0.1, -0.05) is 19.0 Å². The van der Waals surface area contributed by atoms with Crippen molar-refractivity contribution in [2.24, 2.45) is 0 Å². The van der Waals surface area contributed by atoms with Crippen LogP contribution in [0.3, 0.4) is 0 Å². The van der Waals surface area contributed by atoms with Gasteiger partial charge in [-0.3, -0.25) is 15.0 Å². The molecule has 1 atom stereocenters. The van der Waals surface area contributed by atoms with Crippen molar-refractivity contribution in [3.63, 3.8) is 0 Å². The van der Waals surface area contributed by atoms with Gasteiger partial charge in [0.05, 0.1) is 24.9 Å². The SMILES string of the molecule is COCC(O)CN(C)CC(=O)Nc1cc(C(C)C)no1. The van der Waals surface area contributed by atoms with E-state index < -0.39 is 6.10 Å². The second-order valence-corrected chi connectivity index (χ2v) is 5.12. The van der Waals surface area contributed by atoms with Crippen LogP contribution in [0, 0.1) is 0 Å². The van der Waals surface area contributed by atoms with Gasteiger partial charge in [-0.2, -0.15) is 0 Å². The van der Waals surface area contributed by atoms with Crippen LogP contribution in [0.15, 0.2) is 10.6 Å². The van der Waals surface area contributed by atoms with Gasteiger partial charge < -0.3 is 14.4 Å². The topological polar surface area (TPSA) is 87.8 Å². The summed E-state index contributed by atoms with van der Waals surface area (Å²) in [6.07, 6.45) is -0.615. The molecule has 1 aromatic rings. The second kappa shape index (κ2) is 7.98. The van der Waals surface area contributed by atoms with Crippen LogP contribution in [0.2, 0.25) is 0 Å². The lowest BCUT2D eigenvalue weighted by Crippen LogP contribution is -2.37. The van der Waals surface area contributed by atoms with Crippen molar-refractivity contribution in [2.75, 3.05) is 39.2 Å². The van der Waals surface area contributed by atoms with Crippen LogP contribution in [-0.4, -0.2) is 61.0 Å². The number of aliphatic hydroxyl groups excluding tert-OH is 1. The molecule has 0 bridgehead atoms. The number of carbonyl (C=O) groups is 1. The van der Waals surface area contributed by atoms with Gasteiger partial charge >= 0.3 is 0 Å². The van der Waals surface area contributed by atoms with E-state index in [2.05, 4.69) is 10.5 Å². The zero-order chi connectivity index (χ0) is 15.1. The first-order valence-corrected chi connectivity index (χ1v) is 6.54. The number of hydrogen-bond acceptors (Lipinski definition) is 6. The number of anilines is 1. The number of rotatable bonds is 8. The number of hydrogen-bond donors (Lipinski definition) is 2. The van der Waals surface area contributed by atoms with Gasteiger partial charge in [0.15, 0.2) is 0 Å². The number of aromatic nitrogens is 1. The molecule has 0 radical (unpaired) electrons. The van der Waals surface area contributed by atoms with E-state index in [0.717, 1.165) is 5.69 Å². The number of ether oxygens (including phenoxy) is 1. The summed E-state index contributed by atoms with van der Waals surface area (Å²) in [5.74, 6) is 0.365. The lowest BCUT2D eigenvalue weighted by atomic mass is 10.1. The van der Waals surface area contributed by atoms with Crippen LogP contribution in [0.4, 0.5) is 5.88 Å². The Morgan fingerprint density at radius 3 is 2.85 bits per heavy atom. The maximum absolute atomic E-state index is 11.8. The van der Waals surface area contributed by atoms with Crippen molar-refractivity contribution in [3.05, 3.63) is 11.8 Å². The fourth-order valence-corrected chi connectivity index (χ4v) is 1.71. The molecule has 0 aliphatic rings. The molecule has 0 saturated heterocycles. The Hall–Kier alpha value is -1.44. The molecule has 0 aliphatic carbocycles. The first-order valence-electron chi connectivity index (χ1n) is 6.54. The van der Waals surface area contributed by atoms with Crippen molar-refractivity contribution in [1.29, 1.82) is 0 Å². The number of nitrogens with one attached hydrogen (secondary N) is 1. The molecular formula is C13H23N3O4. The Kier molecular flexibility index (Phi) is 6.63. The molecular weight excluding hydrogens is 262 g/mol.